The topological polar surface area (TPSA) is 35.5 Å². The Morgan fingerprint density at radius 2 is 1.32 bits per heavy atom. The molecule has 5 aromatic rings. The van der Waals surface area contributed by atoms with Crippen molar-refractivity contribution in [1.82, 2.24) is 0 Å². The molecule has 1 heterocycles. The second-order valence-corrected chi connectivity index (χ2v) is 11.2. The van der Waals surface area contributed by atoms with Crippen LogP contribution >= 0.6 is 8.24 Å². The predicted molar refractivity (Wildman–Crippen MR) is 143 cm³/mol. The maximum Gasteiger partial charge on any atom is 0.387 e. The average molecular weight is 471 g/mol. The number of hydrogen-bond acceptors (Lipinski definition) is 3. The lowest BCUT2D eigenvalue weighted by Crippen LogP contribution is -2.35. The highest BCUT2D eigenvalue weighted by atomic mass is 31.1. The number of rotatable bonds is 3. The summed E-state index contributed by atoms with van der Waals surface area (Å²) in [6, 6.07) is 25.5. The van der Waals surface area contributed by atoms with Crippen LogP contribution in [0.3, 0.4) is 0 Å². The number of hydrogen-bond donors (Lipinski definition) is 0. The number of fused-ring (bicyclic) bond motifs is 7. The van der Waals surface area contributed by atoms with Crippen molar-refractivity contribution in [3.8, 4) is 0 Å². The molecule has 1 aliphatic rings. The lowest BCUT2D eigenvalue weighted by Gasteiger charge is -2.35. The zero-order chi connectivity index (χ0) is 23.2. The highest BCUT2D eigenvalue weighted by Crippen LogP contribution is 2.43. The molecule has 1 aromatic heterocycles. The van der Waals surface area contributed by atoms with Crippen LogP contribution in [0.25, 0.3) is 43.5 Å². The van der Waals surface area contributed by atoms with Gasteiger partial charge in [-0.25, -0.2) is 0 Å². The van der Waals surface area contributed by atoms with E-state index < -0.39 is 8.24 Å². The monoisotopic (exact) mass is 470 g/mol. The van der Waals surface area contributed by atoms with Gasteiger partial charge in [0.1, 0.15) is 11.2 Å². The van der Waals surface area contributed by atoms with E-state index in [2.05, 4.69) is 93.6 Å². The minimum atomic E-state index is -1.58. The van der Waals surface area contributed by atoms with Gasteiger partial charge in [-0.1, -0.05) is 87.9 Å². The Balaban J connectivity index is 1.65. The first-order valence-electron chi connectivity index (χ1n) is 12.4. The largest absolute Gasteiger partial charge is 0.399 e. The Hall–Kier alpha value is -2.74. The summed E-state index contributed by atoms with van der Waals surface area (Å²) in [6.07, 6.45) is 3.69. The third kappa shape index (κ3) is 3.82. The highest BCUT2D eigenvalue weighted by Gasteiger charge is 2.33. The lowest BCUT2D eigenvalue weighted by molar-refractivity contribution is 0.0746. The first-order chi connectivity index (χ1) is 16.6. The minimum absolute atomic E-state index is 0.153. The van der Waals surface area contributed by atoms with E-state index in [-0.39, 0.29) is 6.10 Å². The average Bonchev–Trinajstić information content (AvgIpc) is 3.00. The molecule has 0 aliphatic heterocycles. The summed E-state index contributed by atoms with van der Waals surface area (Å²) < 4.78 is 19.9. The molecule has 4 aromatic carbocycles. The van der Waals surface area contributed by atoms with Crippen LogP contribution in [0.1, 0.15) is 40.0 Å². The zero-order valence-electron chi connectivity index (χ0n) is 20.0. The fourth-order valence-electron chi connectivity index (χ4n) is 5.74. The SMILES string of the molecule is CC(C)[C@@H]1CC[C@@H](C)C[C@@H]1Op1oc2ccc3ccccc3c2c2c(ccc3ccccc32)o1. The number of benzene rings is 4. The Bertz CT molecular complexity index is 1440. The van der Waals surface area contributed by atoms with Crippen LogP contribution in [0.15, 0.2) is 81.2 Å². The van der Waals surface area contributed by atoms with Gasteiger partial charge in [0.2, 0.25) is 0 Å². The molecule has 3 nitrogen and oxygen atoms in total. The quantitative estimate of drug-likeness (QED) is 0.263. The molecule has 0 radical (unpaired) electrons. The predicted octanol–water partition coefficient (Wildman–Crippen LogP) is 9.49. The van der Waals surface area contributed by atoms with Gasteiger partial charge in [-0.2, -0.15) is 0 Å². The first-order valence-corrected chi connectivity index (χ1v) is 13.5. The molecule has 34 heavy (non-hydrogen) atoms. The van der Waals surface area contributed by atoms with Crippen molar-refractivity contribution in [3.63, 3.8) is 0 Å². The van der Waals surface area contributed by atoms with Crippen LogP contribution in [-0.2, 0) is 0 Å². The summed E-state index contributed by atoms with van der Waals surface area (Å²) in [5, 5.41) is 6.91. The summed E-state index contributed by atoms with van der Waals surface area (Å²) >= 11 is 0. The van der Waals surface area contributed by atoms with E-state index in [4.69, 9.17) is 12.9 Å². The standard InChI is InChI=1S/C30H31O3P/c1-19(2)23-15-12-20(3)18-28(23)33-34-31-26-16-13-21-8-4-6-10-24(21)29(26)30-25-11-7-5-9-22(25)14-17-27(30)32-34/h4-11,13-14,16-17,19-20,23,28H,12,15,18H2,1-3H3/t20-,23+,28+/m1/s1. The fraction of sp³-hybridized carbons (Fsp3) is 0.333. The molecule has 6 rings (SSSR count). The van der Waals surface area contributed by atoms with Gasteiger partial charge in [-0.3, -0.25) is 4.52 Å². The van der Waals surface area contributed by atoms with Crippen LogP contribution in [-0.4, -0.2) is 6.10 Å². The van der Waals surface area contributed by atoms with E-state index in [0.29, 0.717) is 17.8 Å². The summed E-state index contributed by atoms with van der Waals surface area (Å²) in [5.74, 6) is 1.77. The fourth-order valence-corrected chi connectivity index (χ4v) is 6.95. The maximum absolute atomic E-state index is 6.71. The smallest absolute Gasteiger partial charge is 0.387 e. The van der Waals surface area contributed by atoms with Crippen LogP contribution in [0.4, 0.5) is 0 Å². The van der Waals surface area contributed by atoms with E-state index in [1.54, 1.807) is 0 Å². The normalized spacial score (nSPS) is 21.1. The molecule has 0 spiro atoms. The first kappa shape index (κ1) is 21.8. The molecule has 1 saturated carbocycles. The molecule has 1 aliphatic carbocycles. The Kier molecular flexibility index (Phi) is 5.63. The van der Waals surface area contributed by atoms with Gasteiger partial charge in [0.25, 0.3) is 0 Å². The molecule has 4 heteroatoms. The summed E-state index contributed by atoms with van der Waals surface area (Å²) in [6.45, 7) is 6.95. The van der Waals surface area contributed by atoms with Gasteiger partial charge >= 0.3 is 8.24 Å². The van der Waals surface area contributed by atoms with Crippen molar-refractivity contribution in [1.29, 1.82) is 0 Å². The van der Waals surface area contributed by atoms with E-state index in [0.717, 1.165) is 28.4 Å². The van der Waals surface area contributed by atoms with E-state index in [1.165, 1.54) is 34.4 Å². The molecule has 0 bridgehead atoms. The maximum atomic E-state index is 6.71. The molecule has 174 valence electrons. The van der Waals surface area contributed by atoms with Gasteiger partial charge in [0.05, 0.1) is 6.10 Å². The second kappa shape index (κ2) is 8.80. The lowest BCUT2D eigenvalue weighted by atomic mass is 9.75. The van der Waals surface area contributed by atoms with E-state index in [1.807, 2.05) is 0 Å². The van der Waals surface area contributed by atoms with Gasteiger partial charge in [0.15, 0.2) is 0 Å². The van der Waals surface area contributed by atoms with Crippen LogP contribution < -0.4 is 4.52 Å². The van der Waals surface area contributed by atoms with Gasteiger partial charge in [-0.05, 0) is 64.3 Å². The minimum Gasteiger partial charge on any atom is -0.399 e. The summed E-state index contributed by atoms with van der Waals surface area (Å²) in [4.78, 5) is 0. The molecular formula is C30H31O3P. The van der Waals surface area contributed by atoms with Gasteiger partial charge in [-0.15, -0.1) is 0 Å². The van der Waals surface area contributed by atoms with Crippen LogP contribution in [0.2, 0.25) is 0 Å². The van der Waals surface area contributed by atoms with E-state index >= 15 is 0 Å². The van der Waals surface area contributed by atoms with Crippen molar-refractivity contribution in [3.05, 3.63) is 72.8 Å². The van der Waals surface area contributed by atoms with Crippen molar-refractivity contribution in [2.24, 2.45) is 17.8 Å². The highest BCUT2D eigenvalue weighted by molar-refractivity contribution is 7.31. The summed E-state index contributed by atoms with van der Waals surface area (Å²) in [5.41, 5.74) is 1.68. The van der Waals surface area contributed by atoms with Gasteiger partial charge < -0.3 is 8.39 Å². The van der Waals surface area contributed by atoms with Crippen LogP contribution in [0.5, 0.6) is 0 Å². The molecule has 1 fully saturated rings. The molecule has 0 amide bonds. The Morgan fingerprint density at radius 3 is 1.88 bits per heavy atom. The van der Waals surface area contributed by atoms with Crippen LogP contribution in [0, 0.1) is 17.8 Å². The molecule has 0 N–H and O–H groups in total. The van der Waals surface area contributed by atoms with Crippen molar-refractivity contribution >= 4 is 51.7 Å². The van der Waals surface area contributed by atoms with Crippen molar-refractivity contribution in [2.75, 3.05) is 0 Å². The van der Waals surface area contributed by atoms with Crippen molar-refractivity contribution in [2.45, 2.75) is 46.1 Å². The Morgan fingerprint density at radius 1 is 0.765 bits per heavy atom. The summed E-state index contributed by atoms with van der Waals surface area (Å²) in [7, 11) is -1.58. The second-order valence-electron chi connectivity index (χ2n) is 10.2. The molecule has 0 unspecified atom stereocenters. The van der Waals surface area contributed by atoms with Crippen molar-refractivity contribution < 1.29 is 12.9 Å². The Labute approximate surface area is 201 Å². The third-order valence-electron chi connectivity index (χ3n) is 7.56. The third-order valence-corrected chi connectivity index (χ3v) is 8.69. The zero-order valence-corrected chi connectivity index (χ0v) is 20.9. The van der Waals surface area contributed by atoms with E-state index in [9.17, 15) is 0 Å². The molecular weight excluding hydrogens is 439 g/mol. The van der Waals surface area contributed by atoms with Gasteiger partial charge in [0, 0.05) is 10.8 Å². The molecule has 3 atom stereocenters. The molecule has 0 saturated heterocycles.